The van der Waals surface area contributed by atoms with Crippen molar-refractivity contribution in [3.8, 4) is 16.8 Å². The highest BCUT2D eigenvalue weighted by Crippen LogP contribution is 2.42. The van der Waals surface area contributed by atoms with E-state index in [4.69, 9.17) is 9.98 Å². The van der Waals surface area contributed by atoms with Crippen molar-refractivity contribution in [2.75, 3.05) is 0 Å². The Morgan fingerprint density at radius 3 is 2.29 bits per heavy atom. The SMILES string of the molecule is C1=CC(c2cccc(C3=NC(c4ccc(-n5c6ccccc6c6cc(-c7cccc8c9c(sc78)CCC=C9)ccc65)cc4)=NC(c4ccccc4)N3)c2)=CCC1. The van der Waals surface area contributed by atoms with Crippen molar-refractivity contribution >= 4 is 66.5 Å². The van der Waals surface area contributed by atoms with Gasteiger partial charge in [-0.15, -0.1) is 11.3 Å². The first-order chi connectivity index (χ1) is 27.7. The quantitative estimate of drug-likeness (QED) is 0.181. The van der Waals surface area contributed by atoms with Crippen molar-refractivity contribution in [1.29, 1.82) is 0 Å². The number of nitrogens with zero attached hydrogens (tertiary/aromatic N) is 3. The fourth-order valence-electron chi connectivity index (χ4n) is 8.58. The Hall–Kier alpha value is -6.56. The lowest BCUT2D eigenvalue weighted by Gasteiger charge is -2.24. The first kappa shape index (κ1) is 32.8. The molecule has 56 heavy (non-hydrogen) atoms. The van der Waals surface area contributed by atoms with Crippen LogP contribution in [-0.4, -0.2) is 16.2 Å². The number of hydrogen-bond donors (Lipinski definition) is 1. The van der Waals surface area contributed by atoms with Crippen LogP contribution in [0.15, 0.2) is 174 Å². The third-order valence-electron chi connectivity index (χ3n) is 11.3. The summed E-state index contributed by atoms with van der Waals surface area (Å²) >= 11 is 1.97. The lowest BCUT2D eigenvalue weighted by molar-refractivity contribution is 0.674. The van der Waals surface area contributed by atoms with Gasteiger partial charge in [0.05, 0.1) is 11.0 Å². The summed E-state index contributed by atoms with van der Waals surface area (Å²) in [6, 6.07) is 50.4. The molecule has 2 aliphatic carbocycles. The molecule has 4 nitrogen and oxygen atoms in total. The van der Waals surface area contributed by atoms with Crippen LogP contribution in [0.2, 0.25) is 0 Å². The van der Waals surface area contributed by atoms with Crippen LogP contribution in [0.3, 0.4) is 0 Å². The Kier molecular flexibility index (Phi) is 7.99. The molecule has 5 heteroatoms. The predicted molar refractivity (Wildman–Crippen MR) is 237 cm³/mol. The summed E-state index contributed by atoms with van der Waals surface area (Å²) in [4.78, 5) is 11.8. The van der Waals surface area contributed by atoms with Crippen LogP contribution in [-0.2, 0) is 6.42 Å². The van der Waals surface area contributed by atoms with E-state index in [0.29, 0.717) is 5.84 Å². The van der Waals surface area contributed by atoms with Gasteiger partial charge in [-0.25, -0.2) is 9.98 Å². The van der Waals surface area contributed by atoms with E-state index in [1.165, 1.54) is 64.6 Å². The zero-order valence-electron chi connectivity index (χ0n) is 30.8. The van der Waals surface area contributed by atoms with Gasteiger partial charge in [-0.1, -0.05) is 121 Å². The molecule has 2 aromatic heterocycles. The fourth-order valence-corrected chi connectivity index (χ4v) is 9.92. The van der Waals surface area contributed by atoms with Crippen LogP contribution in [0.4, 0.5) is 0 Å². The monoisotopic (exact) mass is 738 g/mol. The summed E-state index contributed by atoms with van der Waals surface area (Å²) in [6.45, 7) is 0. The van der Waals surface area contributed by atoms with Crippen molar-refractivity contribution < 1.29 is 0 Å². The van der Waals surface area contributed by atoms with Gasteiger partial charge in [0.15, 0.2) is 5.84 Å². The molecule has 0 bridgehead atoms. The maximum Gasteiger partial charge on any atom is 0.159 e. The van der Waals surface area contributed by atoms with E-state index in [1.807, 2.05) is 17.4 Å². The molecule has 0 fully saturated rings. The van der Waals surface area contributed by atoms with E-state index in [1.54, 1.807) is 0 Å². The molecule has 6 aromatic carbocycles. The minimum Gasteiger partial charge on any atom is -0.344 e. The normalized spacial score (nSPS) is 16.4. The highest BCUT2D eigenvalue weighted by Gasteiger charge is 2.22. The van der Waals surface area contributed by atoms with Crippen LogP contribution in [0.5, 0.6) is 0 Å². The van der Waals surface area contributed by atoms with E-state index < -0.39 is 0 Å². The van der Waals surface area contributed by atoms with Crippen molar-refractivity contribution in [2.24, 2.45) is 9.98 Å². The maximum absolute atomic E-state index is 5.17. The molecule has 0 saturated carbocycles. The van der Waals surface area contributed by atoms with Gasteiger partial charge < -0.3 is 9.88 Å². The Morgan fingerprint density at radius 1 is 0.607 bits per heavy atom. The van der Waals surface area contributed by atoms with Gasteiger partial charge in [0.2, 0.25) is 0 Å². The van der Waals surface area contributed by atoms with Gasteiger partial charge >= 0.3 is 0 Å². The van der Waals surface area contributed by atoms with E-state index >= 15 is 0 Å². The molecule has 0 amide bonds. The fraction of sp³-hybridized carbons (Fsp3) is 0.0980. The summed E-state index contributed by atoms with van der Waals surface area (Å²) in [5, 5.41) is 7.52. The van der Waals surface area contributed by atoms with Crippen LogP contribution in [0, 0.1) is 0 Å². The van der Waals surface area contributed by atoms with E-state index in [-0.39, 0.29) is 6.17 Å². The number of rotatable bonds is 6. The van der Waals surface area contributed by atoms with Crippen molar-refractivity contribution in [3.05, 3.63) is 197 Å². The van der Waals surface area contributed by atoms with Gasteiger partial charge in [-0.05, 0) is 108 Å². The first-order valence-electron chi connectivity index (χ1n) is 19.6. The molecule has 11 rings (SSSR count). The summed E-state index contributed by atoms with van der Waals surface area (Å²) < 4.78 is 3.77. The molecule has 0 radical (unpaired) electrons. The zero-order chi connectivity index (χ0) is 37.0. The molecular weight excluding hydrogens is 701 g/mol. The second kappa shape index (κ2) is 13.6. The second-order valence-electron chi connectivity index (χ2n) is 14.8. The average Bonchev–Trinajstić information content (AvgIpc) is 3.83. The molecule has 0 saturated heterocycles. The number of hydrogen-bond acceptors (Lipinski definition) is 4. The first-order valence-corrected chi connectivity index (χ1v) is 20.4. The van der Waals surface area contributed by atoms with Crippen LogP contribution >= 0.6 is 11.3 Å². The summed E-state index contributed by atoms with van der Waals surface area (Å²) in [5.74, 6) is 1.54. The topological polar surface area (TPSA) is 41.7 Å². The molecule has 8 aromatic rings. The Labute approximate surface area is 330 Å². The minimum absolute atomic E-state index is 0.260. The molecule has 3 heterocycles. The number of amidine groups is 2. The largest absolute Gasteiger partial charge is 0.344 e. The van der Waals surface area contributed by atoms with Crippen LogP contribution in [0.25, 0.3) is 60.4 Å². The van der Waals surface area contributed by atoms with E-state index in [2.05, 4.69) is 174 Å². The maximum atomic E-state index is 5.17. The number of aromatic nitrogens is 1. The molecular formula is C51H38N4S. The third-order valence-corrected chi connectivity index (χ3v) is 12.7. The Bertz CT molecular complexity index is 2990. The number of benzene rings is 6. The highest BCUT2D eigenvalue weighted by molar-refractivity contribution is 7.20. The smallest absolute Gasteiger partial charge is 0.159 e. The average molecular weight is 739 g/mol. The van der Waals surface area contributed by atoms with E-state index in [0.717, 1.165) is 53.9 Å². The lowest BCUT2D eigenvalue weighted by Crippen LogP contribution is -2.33. The number of thiophene rings is 1. The molecule has 268 valence electrons. The summed E-state index contributed by atoms with van der Waals surface area (Å²) in [5.41, 5.74) is 13.0. The van der Waals surface area contributed by atoms with Crippen molar-refractivity contribution in [1.82, 2.24) is 9.88 Å². The summed E-state index contributed by atoms with van der Waals surface area (Å²) in [7, 11) is 0. The minimum atomic E-state index is -0.260. The number of fused-ring (bicyclic) bond motifs is 6. The number of nitrogens with one attached hydrogen (secondary N) is 1. The van der Waals surface area contributed by atoms with Crippen LogP contribution < -0.4 is 5.32 Å². The molecule has 0 spiro atoms. The van der Waals surface area contributed by atoms with Crippen molar-refractivity contribution in [2.45, 2.75) is 31.8 Å². The molecule has 1 unspecified atom stereocenters. The molecule has 3 aliphatic rings. The van der Waals surface area contributed by atoms with Crippen LogP contribution in [0.1, 0.15) is 58.1 Å². The van der Waals surface area contributed by atoms with Gasteiger partial charge in [0.25, 0.3) is 0 Å². The molecule has 1 N–H and O–H groups in total. The van der Waals surface area contributed by atoms with Gasteiger partial charge in [0.1, 0.15) is 12.0 Å². The van der Waals surface area contributed by atoms with Crippen molar-refractivity contribution in [3.63, 3.8) is 0 Å². The second-order valence-corrected chi connectivity index (χ2v) is 15.9. The third kappa shape index (κ3) is 5.66. The van der Waals surface area contributed by atoms with Gasteiger partial charge in [-0.3, -0.25) is 0 Å². The predicted octanol–water partition coefficient (Wildman–Crippen LogP) is 12.9. The molecule has 1 atom stereocenters. The standard InChI is InChI=1S/C51H38N4S/c1-3-13-33(14-4-1)36-17-11-18-38(31-36)51-53-49(34-15-5-2-6-16-34)52-50(54-51)35-25-28-39(29-26-35)55-45-23-9-7-19-41(45)44-32-37(27-30-46(44)55)40-21-12-22-43-42-20-8-10-24-47(42)56-48(40)43/h2-3,5-9,11-23,25-32,49H,1,4,10,24H2,(H,52,53,54). The lowest BCUT2D eigenvalue weighted by atomic mass is 9.97. The molecule has 1 aliphatic heterocycles. The highest BCUT2D eigenvalue weighted by atomic mass is 32.1. The Balaban J connectivity index is 0.984. The van der Waals surface area contributed by atoms with Gasteiger partial charge in [-0.2, -0.15) is 0 Å². The zero-order valence-corrected chi connectivity index (χ0v) is 31.6. The number of aliphatic imine (C=N–C) groups is 2. The number of para-hydroxylation sites is 1. The van der Waals surface area contributed by atoms with Gasteiger partial charge in [0, 0.05) is 42.6 Å². The van der Waals surface area contributed by atoms with E-state index in [9.17, 15) is 0 Å². The summed E-state index contributed by atoms with van der Waals surface area (Å²) in [6.07, 6.45) is 15.6. The Morgan fingerprint density at radius 2 is 1.39 bits per heavy atom. The number of aryl methyl sites for hydroxylation is 1. The number of allylic oxidation sites excluding steroid dienone is 5.